The fourth-order valence-corrected chi connectivity index (χ4v) is 2.49. The van der Waals surface area contributed by atoms with Crippen molar-refractivity contribution >= 4 is 16.9 Å². The summed E-state index contributed by atoms with van der Waals surface area (Å²) in [5.74, 6) is -0.248. The van der Waals surface area contributed by atoms with Crippen LogP contribution in [-0.2, 0) is 4.74 Å². The Morgan fingerprint density at radius 2 is 2.30 bits per heavy atom. The molecule has 2 heterocycles. The molecule has 0 saturated carbocycles. The Morgan fingerprint density at radius 3 is 3.05 bits per heavy atom. The Labute approximate surface area is 116 Å². The standard InChI is InChI=1S/C15H17NO4/c1-10-15(18,6-7-19-10)9-16-14(17)12-8-20-13-5-3-2-4-11(12)13/h2-5,8,10,18H,6-7,9H2,1H3,(H,16,17). The van der Waals surface area contributed by atoms with Gasteiger partial charge in [0.05, 0.1) is 11.7 Å². The summed E-state index contributed by atoms with van der Waals surface area (Å²) in [5.41, 5.74) is 0.166. The van der Waals surface area contributed by atoms with Gasteiger partial charge in [0.2, 0.25) is 0 Å². The van der Waals surface area contributed by atoms with Crippen molar-refractivity contribution in [2.75, 3.05) is 13.2 Å². The predicted octanol–water partition coefficient (Wildman–Crippen LogP) is 1.70. The quantitative estimate of drug-likeness (QED) is 0.894. The summed E-state index contributed by atoms with van der Waals surface area (Å²) in [7, 11) is 0. The lowest BCUT2D eigenvalue weighted by molar-refractivity contribution is -0.0251. The number of carbonyl (C=O) groups is 1. The largest absolute Gasteiger partial charge is 0.463 e. The van der Waals surface area contributed by atoms with Crippen molar-refractivity contribution in [3.63, 3.8) is 0 Å². The SMILES string of the molecule is CC1OCCC1(O)CNC(=O)c1coc2ccccc12. The van der Waals surface area contributed by atoms with E-state index in [9.17, 15) is 9.90 Å². The third kappa shape index (κ3) is 2.19. The van der Waals surface area contributed by atoms with Crippen LogP contribution in [0.1, 0.15) is 23.7 Å². The summed E-state index contributed by atoms with van der Waals surface area (Å²) >= 11 is 0. The summed E-state index contributed by atoms with van der Waals surface area (Å²) in [6.45, 7) is 2.50. The maximum absolute atomic E-state index is 12.2. The highest BCUT2D eigenvalue weighted by molar-refractivity contribution is 6.05. The maximum atomic E-state index is 12.2. The first kappa shape index (κ1) is 13.1. The minimum Gasteiger partial charge on any atom is -0.463 e. The fourth-order valence-electron chi connectivity index (χ4n) is 2.49. The molecule has 5 heteroatoms. The van der Waals surface area contributed by atoms with E-state index >= 15 is 0 Å². The summed E-state index contributed by atoms with van der Waals surface area (Å²) in [5, 5.41) is 13.9. The second kappa shape index (κ2) is 4.92. The summed E-state index contributed by atoms with van der Waals surface area (Å²) < 4.78 is 10.7. The third-order valence-electron chi connectivity index (χ3n) is 3.94. The summed E-state index contributed by atoms with van der Waals surface area (Å²) in [6, 6.07) is 7.36. The molecule has 0 radical (unpaired) electrons. The molecule has 1 aromatic heterocycles. The number of carbonyl (C=O) groups excluding carboxylic acids is 1. The van der Waals surface area contributed by atoms with Crippen LogP contribution in [0.25, 0.3) is 11.0 Å². The van der Waals surface area contributed by atoms with E-state index in [1.54, 1.807) is 0 Å². The molecule has 106 valence electrons. The van der Waals surface area contributed by atoms with Crippen molar-refractivity contribution in [1.29, 1.82) is 0 Å². The highest BCUT2D eigenvalue weighted by atomic mass is 16.5. The molecule has 3 rings (SSSR count). The van der Waals surface area contributed by atoms with E-state index in [0.29, 0.717) is 24.2 Å². The van der Waals surface area contributed by atoms with Crippen molar-refractivity contribution in [3.05, 3.63) is 36.1 Å². The van der Waals surface area contributed by atoms with E-state index in [-0.39, 0.29) is 18.6 Å². The highest BCUT2D eigenvalue weighted by Crippen LogP contribution is 2.25. The molecule has 0 bridgehead atoms. The molecule has 2 N–H and O–H groups in total. The minimum absolute atomic E-state index is 0.173. The average Bonchev–Trinajstić information content (AvgIpc) is 3.01. The molecule has 1 amide bonds. The van der Waals surface area contributed by atoms with Crippen molar-refractivity contribution < 1.29 is 19.1 Å². The van der Waals surface area contributed by atoms with Gasteiger partial charge in [-0.1, -0.05) is 18.2 Å². The number of nitrogens with one attached hydrogen (secondary N) is 1. The Hall–Kier alpha value is -1.85. The van der Waals surface area contributed by atoms with Crippen LogP contribution in [-0.4, -0.2) is 35.9 Å². The molecule has 2 unspecified atom stereocenters. The molecule has 20 heavy (non-hydrogen) atoms. The van der Waals surface area contributed by atoms with Crippen LogP contribution >= 0.6 is 0 Å². The van der Waals surface area contributed by atoms with E-state index in [0.717, 1.165) is 5.39 Å². The average molecular weight is 275 g/mol. The van der Waals surface area contributed by atoms with Gasteiger partial charge in [-0.2, -0.15) is 0 Å². The molecule has 1 aliphatic rings. The zero-order chi connectivity index (χ0) is 14.2. The number of hydrogen-bond acceptors (Lipinski definition) is 4. The molecule has 5 nitrogen and oxygen atoms in total. The second-order valence-corrected chi connectivity index (χ2v) is 5.19. The number of hydrogen-bond donors (Lipinski definition) is 2. The van der Waals surface area contributed by atoms with Crippen LogP contribution in [0.2, 0.25) is 0 Å². The van der Waals surface area contributed by atoms with E-state index in [2.05, 4.69) is 5.32 Å². The van der Waals surface area contributed by atoms with Crippen molar-refractivity contribution in [2.45, 2.75) is 25.0 Å². The number of para-hydroxylation sites is 1. The van der Waals surface area contributed by atoms with Crippen LogP contribution in [0.15, 0.2) is 34.9 Å². The van der Waals surface area contributed by atoms with Gasteiger partial charge in [0.1, 0.15) is 17.4 Å². The van der Waals surface area contributed by atoms with Gasteiger partial charge in [-0.15, -0.1) is 0 Å². The number of rotatable bonds is 3. The van der Waals surface area contributed by atoms with E-state index < -0.39 is 5.60 Å². The molecule has 1 aromatic carbocycles. The molecule has 1 saturated heterocycles. The van der Waals surface area contributed by atoms with Crippen molar-refractivity contribution in [3.8, 4) is 0 Å². The van der Waals surface area contributed by atoms with Gasteiger partial charge >= 0.3 is 0 Å². The first-order valence-corrected chi connectivity index (χ1v) is 6.68. The Morgan fingerprint density at radius 1 is 1.50 bits per heavy atom. The zero-order valence-corrected chi connectivity index (χ0v) is 11.3. The lowest BCUT2D eigenvalue weighted by Gasteiger charge is -2.25. The number of furan rings is 1. The molecule has 2 atom stereocenters. The number of aliphatic hydroxyl groups is 1. The van der Waals surface area contributed by atoms with Crippen LogP contribution in [0, 0.1) is 0 Å². The van der Waals surface area contributed by atoms with Crippen LogP contribution < -0.4 is 5.32 Å². The monoisotopic (exact) mass is 275 g/mol. The van der Waals surface area contributed by atoms with Gasteiger partial charge in [-0.25, -0.2) is 0 Å². The number of amides is 1. The number of benzene rings is 1. The van der Waals surface area contributed by atoms with Crippen molar-refractivity contribution in [2.24, 2.45) is 0 Å². The summed E-state index contributed by atoms with van der Waals surface area (Å²) in [6.07, 6.45) is 1.70. The topological polar surface area (TPSA) is 71.7 Å². The lowest BCUT2D eigenvalue weighted by Crippen LogP contribution is -2.47. The maximum Gasteiger partial charge on any atom is 0.255 e. The predicted molar refractivity (Wildman–Crippen MR) is 73.5 cm³/mol. The highest BCUT2D eigenvalue weighted by Gasteiger charge is 2.39. The van der Waals surface area contributed by atoms with Crippen molar-refractivity contribution in [1.82, 2.24) is 5.32 Å². The minimum atomic E-state index is -0.991. The van der Waals surface area contributed by atoms with Gasteiger partial charge in [0.25, 0.3) is 5.91 Å². The second-order valence-electron chi connectivity index (χ2n) is 5.19. The van der Waals surface area contributed by atoms with Gasteiger partial charge in [-0.3, -0.25) is 4.79 Å². The van der Waals surface area contributed by atoms with Gasteiger partial charge < -0.3 is 19.6 Å². The number of ether oxygens (including phenoxy) is 1. The molecule has 2 aromatic rings. The first-order valence-electron chi connectivity index (χ1n) is 6.68. The zero-order valence-electron chi connectivity index (χ0n) is 11.3. The Kier molecular flexibility index (Phi) is 3.23. The smallest absolute Gasteiger partial charge is 0.255 e. The van der Waals surface area contributed by atoms with Crippen LogP contribution in [0.3, 0.4) is 0 Å². The van der Waals surface area contributed by atoms with Crippen LogP contribution in [0.5, 0.6) is 0 Å². The Balaban J connectivity index is 1.74. The summed E-state index contributed by atoms with van der Waals surface area (Å²) in [4.78, 5) is 12.2. The Bertz CT molecular complexity index is 636. The first-order chi connectivity index (χ1) is 9.60. The van der Waals surface area contributed by atoms with E-state index in [1.165, 1.54) is 6.26 Å². The molecule has 1 fully saturated rings. The molecular weight excluding hydrogens is 258 g/mol. The normalized spacial score (nSPS) is 26.0. The lowest BCUT2D eigenvalue weighted by atomic mass is 9.96. The molecule has 0 spiro atoms. The van der Waals surface area contributed by atoms with Gasteiger partial charge in [0.15, 0.2) is 0 Å². The fraction of sp³-hybridized carbons (Fsp3) is 0.400. The van der Waals surface area contributed by atoms with Crippen LogP contribution in [0.4, 0.5) is 0 Å². The molecule has 0 aliphatic carbocycles. The molecular formula is C15H17NO4. The van der Waals surface area contributed by atoms with Gasteiger partial charge in [0, 0.05) is 25.0 Å². The van der Waals surface area contributed by atoms with Gasteiger partial charge in [-0.05, 0) is 13.0 Å². The van der Waals surface area contributed by atoms with E-state index in [1.807, 2.05) is 31.2 Å². The number of fused-ring (bicyclic) bond motifs is 1. The molecule has 1 aliphatic heterocycles. The third-order valence-corrected chi connectivity index (χ3v) is 3.94. The van der Waals surface area contributed by atoms with E-state index in [4.69, 9.17) is 9.15 Å².